The van der Waals surface area contributed by atoms with E-state index in [2.05, 4.69) is 15.9 Å². The van der Waals surface area contributed by atoms with E-state index < -0.39 is 0 Å². The predicted octanol–water partition coefficient (Wildman–Crippen LogP) is 3.76. The molecule has 0 fully saturated rings. The number of hydrogen-bond donors (Lipinski definition) is 0. The van der Waals surface area contributed by atoms with Crippen LogP contribution in [0.25, 0.3) is 0 Å². The summed E-state index contributed by atoms with van der Waals surface area (Å²) in [6.07, 6.45) is 0. The summed E-state index contributed by atoms with van der Waals surface area (Å²) in [7, 11) is 0. The Hall–Kier alpha value is -1.81. The zero-order valence-electron chi connectivity index (χ0n) is 11.0. The minimum Gasteiger partial charge on any atom is -0.486 e. The molecule has 0 aromatic heterocycles. The van der Waals surface area contributed by atoms with E-state index in [1.165, 1.54) is 0 Å². The van der Waals surface area contributed by atoms with Crippen LogP contribution < -0.4 is 9.47 Å². The molecule has 0 unspecified atom stereocenters. The molecule has 0 saturated heterocycles. The SMILES string of the molecule is Cc1ccc(Br)cc1C(=O)c1ccc2c(c1)OCCO2. The standard InChI is InChI=1S/C16H13BrO3/c1-10-2-4-12(17)9-13(10)16(18)11-3-5-14-15(8-11)20-7-6-19-14/h2-5,8-9H,6-7H2,1H3. The van der Waals surface area contributed by atoms with Crippen molar-refractivity contribution in [3.05, 3.63) is 57.6 Å². The average Bonchev–Trinajstić information content (AvgIpc) is 2.48. The van der Waals surface area contributed by atoms with Crippen molar-refractivity contribution in [3.8, 4) is 11.5 Å². The number of carbonyl (C=O) groups is 1. The fraction of sp³-hybridized carbons (Fsp3) is 0.188. The summed E-state index contributed by atoms with van der Waals surface area (Å²) in [5, 5.41) is 0. The van der Waals surface area contributed by atoms with Gasteiger partial charge in [0.05, 0.1) is 0 Å². The minimum absolute atomic E-state index is 0.0132. The quantitative estimate of drug-likeness (QED) is 0.785. The Balaban J connectivity index is 2.00. The highest BCUT2D eigenvalue weighted by Gasteiger charge is 2.17. The van der Waals surface area contributed by atoms with Crippen molar-refractivity contribution in [1.29, 1.82) is 0 Å². The van der Waals surface area contributed by atoms with Gasteiger partial charge >= 0.3 is 0 Å². The molecule has 2 aromatic carbocycles. The molecule has 1 aliphatic rings. The molecule has 0 spiro atoms. The summed E-state index contributed by atoms with van der Waals surface area (Å²) < 4.78 is 11.9. The number of carbonyl (C=O) groups excluding carboxylic acids is 1. The normalized spacial score (nSPS) is 13.1. The van der Waals surface area contributed by atoms with Crippen LogP contribution in [0.5, 0.6) is 11.5 Å². The second-order valence-corrected chi connectivity index (χ2v) is 5.56. The molecule has 0 N–H and O–H groups in total. The maximum Gasteiger partial charge on any atom is 0.193 e. The lowest BCUT2D eigenvalue weighted by Crippen LogP contribution is -2.16. The van der Waals surface area contributed by atoms with Crippen LogP contribution in [-0.2, 0) is 0 Å². The van der Waals surface area contributed by atoms with Gasteiger partial charge < -0.3 is 9.47 Å². The highest BCUT2D eigenvalue weighted by atomic mass is 79.9. The van der Waals surface area contributed by atoms with Gasteiger partial charge in [-0.05, 0) is 42.8 Å². The van der Waals surface area contributed by atoms with Gasteiger partial charge in [0.1, 0.15) is 13.2 Å². The molecule has 0 atom stereocenters. The molecule has 20 heavy (non-hydrogen) atoms. The van der Waals surface area contributed by atoms with Crippen LogP contribution in [0, 0.1) is 6.92 Å². The van der Waals surface area contributed by atoms with Crippen LogP contribution in [-0.4, -0.2) is 19.0 Å². The molecule has 102 valence electrons. The van der Waals surface area contributed by atoms with E-state index in [1.807, 2.05) is 25.1 Å². The topological polar surface area (TPSA) is 35.5 Å². The van der Waals surface area contributed by atoms with Gasteiger partial charge in [-0.15, -0.1) is 0 Å². The second-order valence-electron chi connectivity index (χ2n) is 4.65. The van der Waals surface area contributed by atoms with E-state index in [1.54, 1.807) is 18.2 Å². The number of ether oxygens (including phenoxy) is 2. The van der Waals surface area contributed by atoms with Crippen LogP contribution in [0.4, 0.5) is 0 Å². The maximum atomic E-state index is 12.6. The Bertz CT molecular complexity index is 679. The number of fused-ring (bicyclic) bond motifs is 1. The number of benzene rings is 2. The van der Waals surface area contributed by atoms with E-state index >= 15 is 0 Å². The Labute approximate surface area is 125 Å². The van der Waals surface area contributed by atoms with Gasteiger partial charge in [0.2, 0.25) is 0 Å². The Morgan fingerprint density at radius 3 is 2.60 bits per heavy atom. The van der Waals surface area contributed by atoms with Gasteiger partial charge in [0.15, 0.2) is 17.3 Å². The summed E-state index contributed by atoms with van der Waals surface area (Å²) in [4.78, 5) is 12.6. The molecule has 2 aromatic rings. The van der Waals surface area contributed by atoms with Crippen molar-refractivity contribution >= 4 is 21.7 Å². The van der Waals surface area contributed by atoms with Gasteiger partial charge in [-0.2, -0.15) is 0 Å². The zero-order valence-corrected chi connectivity index (χ0v) is 12.6. The Kier molecular flexibility index (Phi) is 3.49. The van der Waals surface area contributed by atoms with Crippen LogP contribution >= 0.6 is 15.9 Å². The number of halogens is 1. The fourth-order valence-electron chi connectivity index (χ4n) is 2.18. The van der Waals surface area contributed by atoms with E-state index in [4.69, 9.17) is 9.47 Å². The summed E-state index contributed by atoms with van der Waals surface area (Å²) in [6.45, 7) is 2.99. The van der Waals surface area contributed by atoms with Crippen molar-refractivity contribution in [2.75, 3.05) is 13.2 Å². The van der Waals surface area contributed by atoms with Gasteiger partial charge in [-0.1, -0.05) is 22.0 Å². The van der Waals surface area contributed by atoms with E-state index in [0.29, 0.717) is 35.8 Å². The summed E-state index contributed by atoms with van der Waals surface area (Å²) in [5.74, 6) is 1.31. The van der Waals surface area contributed by atoms with E-state index in [-0.39, 0.29) is 5.78 Å². The molecule has 0 saturated carbocycles. The number of aryl methyl sites for hydroxylation is 1. The van der Waals surface area contributed by atoms with Gasteiger partial charge in [0.25, 0.3) is 0 Å². The largest absolute Gasteiger partial charge is 0.486 e. The zero-order chi connectivity index (χ0) is 14.1. The molecular formula is C16H13BrO3. The first kappa shape index (κ1) is 13.2. The summed E-state index contributed by atoms with van der Waals surface area (Å²) in [6, 6.07) is 11.0. The maximum absolute atomic E-state index is 12.6. The first-order valence-electron chi connectivity index (χ1n) is 6.35. The predicted molar refractivity (Wildman–Crippen MR) is 79.7 cm³/mol. The van der Waals surface area contributed by atoms with Crippen molar-refractivity contribution in [2.45, 2.75) is 6.92 Å². The minimum atomic E-state index is -0.0132. The van der Waals surface area contributed by atoms with Crippen LogP contribution in [0.2, 0.25) is 0 Å². The van der Waals surface area contributed by atoms with E-state index in [0.717, 1.165) is 10.0 Å². The molecule has 4 heteroatoms. The summed E-state index contributed by atoms with van der Waals surface area (Å²) >= 11 is 3.40. The van der Waals surface area contributed by atoms with Gasteiger partial charge in [-0.3, -0.25) is 4.79 Å². The summed E-state index contributed by atoms with van der Waals surface area (Å²) in [5.41, 5.74) is 2.25. The number of rotatable bonds is 2. The third-order valence-corrected chi connectivity index (χ3v) is 3.74. The Morgan fingerprint density at radius 1 is 1.05 bits per heavy atom. The third kappa shape index (κ3) is 2.43. The molecular weight excluding hydrogens is 320 g/mol. The lowest BCUT2D eigenvalue weighted by atomic mass is 9.99. The van der Waals surface area contributed by atoms with Crippen molar-refractivity contribution in [1.82, 2.24) is 0 Å². The first-order chi connectivity index (χ1) is 9.65. The van der Waals surface area contributed by atoms with Crippen LogP contribution in [0.1, 0.15) is 21.5 Å². The molecule has 0 aliphatic carbocycles. The molecule has 0 radical (unpaired) electrons. The number of hydrogen-bond acceptors (Lipinski definition) is 3. The highest BCUT2D eigenvalue weighted by Crippen LogP contribution is 2.32. The molecule has 1 heterocycles. The third-order valence-electron chi connectivity index (χ3n) is 3.25. The molecule has 0 bridgehead atoms. The van der Waals surface area contributed by atoms with Crippen molar-refractivity contribution < 1.29 is 14.3 Å². The fourth-order valence-corrected chi connectivity index (χ4v) is 2.54. The molecule has 3 nitrogen and oxygen atoms in total. The van der Waals surface area contributed by atoms with E-state index in [9.17, 15) is 4.79 Å². The van der Waals surface area contributed by atoms with Gasteiger partial charge in [0, 0.05) is 15.6 Å². The highest BCUT2D eigenvalue weighted by molar-refractivity contribution is 9.10. The lowest BCUT2D eigenvalue weighted by Gasteiger charge is -2.18. The van der Waals surface area contributed by atoms with Crippen molar-refractivity contribution in [3.63, 3.8) is 0 Å². The molecule has 3 rings (SSSR count). The van der Waals surface area contributed by atoms with Crippen molar-refractivity contribution in [2.24, 2.45) is 0 Å². The lowest BCUT2D eigenvalue weighted by molar-refractivity contribution is 0.103. The monoisotopic (exact) mass is 332 g/mol. The van der Waals surface area contributed by atoms with Gasteiger partial charge in [-0.25, -0.2) is 0 Å². The molecule has 0 amide bonds. The first-order valence-corrected chi connectivity index (χ1v) is 7.15. The number of ketones is 1. The smallest absolute Gasteiger partial charge is 0.193 e. The van der Waals surface area contributed by atoms with Crippen LogP contribution in [0.3, 0.4) is 0 Å². The second kappa shape index (κ2) is 5.29. The average molecular weight is 333 g/mol. The van der Waals surface area contributed by atoms with Crippen LogP contribution in [0.15, 0.2) is 40.9 Å². The molecule has 1 aliphatic heterocycles. The Morgan fingerprint density at radius 2 is 1.80 bits per heavy atom.